The number of anilines is 2. The lowest BCUT2D eigenvalue weighted by atomic mass is 10.2. The molecule has 1 N–H and O–H groups in total. The summed E-state index contributed by atoms with van der Waals surface area (Å²) in [6.45, 7) is 3.85. The maximum Gasteiger partial charge on any atom is 0.309 e. The third kappa shape index (κ3) is 5.20. The monoisotopic (exact) mass is 397 g/mol. The van der Waals surface area contributed by atoms with Crippen LogP contribution in [0.3, 0.4) is 0 Å². The summed E-state index contributed by atoms with van der Waals surface area (Å²) >= 11 is 0. The molecule has 1 amide bonds. The van der Waals surface area contributed by atoms with Crippen LogP contribution in [0.15, 0.2) is 23.1 Å². The number of carbonyl (C=O) groups excluding carboxylic acids is 2. The van der Waals surface area contributed by atoms with Gasteiger partial charge in [-0.3, -0.25) is 9.59 Å². The van der Waals surface area contributed by atoms with Crippen LogP contribution in [-0.4, -0.2) is 58.4 Å². The molecule has 1 saturated carbocycles. The highest BCUT2D eigenvalue weighted by molar-refractivity contribution is 7.89. The lowest BCUT2D eigenvalue weighted by Crippen LogP contribution is -2.31. The van der Waals surface area contributed by atoms with Crippen molar-refractivity contribution in [2.75, 3.05) is 44.0 Å². The lowest BCUT2D eigenvalue weighted by molar-refractivity contribution is -0.148. The molecule has 150 valence electrons. The number of carbonyl (C=O) groups is 2. The van der Waals surface area contributed by atoms with Gasteiger partial charge in [0.25, 0.3) is 5.91 Å². The van der Waals surface area contributed by atoms with Gasteiger partial charge in [0.1, 0.15) is 0 Å². The second-order valence-corrected chi connectivity index (χ2v) is 8.53. The molecule has 0 bridgehead atoms. The van der Waals surface area contributed by atoms with Gasteiger partial charge in [0.15, 0.2) is 6.61 Å². The summed E-state index contributed by atoms with van der Waals surface area (Å²) in [5, 5.41) is 2.65. The number of amides is 1. The molecule has 0 aromatic heterocycles. The van der Waals surface area contributed by atoms with Gasteiger partial charge in [-0.05, 0) is 31.0 Å². The van der Waals surface area contributed by atoms with E-state index >= 15 is 0 Å². The molecule has 0 radical (unpaired) electrons. The Morgan fingerprint density at radius 2 is 1.81 bits per heavy atom. The number of nitrogens with one attached hydrogen (secondary N) is 1. The number of hydrogen-bond donors (Lipinski definition) is 1. The third-order valence-corrected chi connectivity index (χ3v) is 6.37. The number of rotatable bonds is 9. The number of nitrogens with zero attached hydrogens (tertiary/aromatic N) is 2. The maximum absolute atomic E-state index is 12.7. The van der Waals surface area contributed by atoms with Crippen molar-refractivity contribution in [1.29, 1.82) is 0 Å². The Bertz CT molecular complexity index is 799. The van der Waals surface area contributed by atoms with E-state index in [1.807, 2.05) is 0 Å². The number of esters is 1. The first-order chi connectivity index (χ1) is 12.7. The van der Waals surface area contributed by atoms with E-state index in [4.69, 9.17) is 4.74 Å². The van der Waals surface area contributed by atoms with Crippen molar-refractivity contribution in [2.45, 2.75) is 31.6 Å². The number of hydrogen-bond acceptors (Lipinski definition) is 6. The summed E-state index contributed by atoms with van der Waals surface area (Å²) < 4.78 is 31.8. The van der Waals surface area contributed by atoms with E-state index in [9.17, 15) is 18.0 Å². The summed E-state index contributed by atoms with van der Waals surface area (Å²) in [6, 6.07) is 4.59. The molecule has 1 aliphatic rings. The highest BCUT2D eigenvalue weighted by atomic mass is 32.2. The van der Waals surface area contributed by atoms with E-state index in [1.54, 1.807) is 38.9 Å². The number of sulfonamides is 1. The van der Waals surface area contributed by atoms with Crippen LogP contribution >= 0.6 is 0 Å². The van der Waals surface area contributed by atoms with Crippen molar-refractivity contribution in [3.63, 3.8) is 0 Å². The van der Waals surface area contributed by atoms with E-state index in [0.29, 0.717) is 24.5 Å². The number of benzene rings is 1. The largest absolute Gasteiger partial charge is 0.455 e. The van der Waals surface area contributed by atoms with Gasteiger partial charge in [-0.15, -0.1) is 0 Å². The fourth-order valence-electron chi connectivity index (χ4n) is 2.64. The molecular weight excluding hydrogens is 370 g/mol. The molecule has 1 aromatic carbocycles. The van der Waals surface area contributed by atoms with Crippen LogP contribution in [-0.2, 0) is 24.3 Å². The first kappa shape index (κ1) is 21.2. The molecule has 0 saturated heterocycles. The predicted molar refractivity (Wildman–Crippen MR) is 103 cm³/mol. The van der Waals surface area contributed by atoms with Crippen molar-refractivity contribution in [3.05, 3.63) is 18.2 Å². The minimum absolute atomic E-state index is 0.0855. The maximum atomic E-state index is 12.7. The van der Waals surface area contributed by atoms with Gasteiger partial charge in [0, 0.05) is 27.2 Å². The standard InChI is InChI=1S/C18H27N3O5S/c1-5-21(6-2)27(24,25)14-9-10-16(20(3)4)15(11-14)19-17(22)12-26-18(23)13-7-8-13/h9-11,13H,5-8,12H2,1-4H3,(H,19,22). The minimum atomic E-state index is -3.65. The fraction of sp³-hybridized carbons (Fsp3) is 0.556. The molecule has 0 spiro atoms. The van der Waals surface area contributed by atoms with Crippen molar-refractivity contribution in [2.24, 2.45) is 5.92 Å². The first-order valence-corrected chi connectivity index (χ1v) is 10.4. The van der Waals surface area contributed by atoms with Crippen LogP contribution in [0.5, 0.6) is 0 Å². The fourth-order valence-corrected chi connectivity index (χ4v) is 4.12. The Labute approximate surface area is 160 Å². The average Bonchev–Trinajstić information content (AvgIpc) is 3.45. The van der Waals surface area contributed by atoms with E-state index in [0.717, 1.165) is 12.8 Å². The van der Waals surface area contributed by atoms with Crippen LogP contribution < -0.4 is 10.2 Å². The highest BCUT2D eigenvalue weighted by Gasteiger charge is 2.31. The second-order valence-electron chi connectivity index (χ2n) is 6.59. The molecule has 8 nitrogen and oxygen atoms in total. The zero-order chi connectivity index (χ0) is 20.2. The molecule has 2 rings (SSSR count). The Hall–Kier alpha value is -2.13. The Kier molecular flexibility index (Phi) is 6.83. The van der Waals surface area contributed by atoms with Crippen molar-refractivity contribution >= 4 is 33.3 Å². The highest BCUT2D eigenvalue weighted by Crippen LogP contribution is 2.31. The van der Waals surface area contributed by atoms with Crippen LogP contribution in [0.4, 0.5) is 11.4 Å². The second kappa shape index (κ2) is 8.71. The smallest absolute Gasteiger partial charge is 0.309 e. The minimum Gasteiger partial charge on any atom is -0.455 e. The molecule has 27 heavy (non-hydrogen) atoms. The van der Waals surface area contributed by atoms with Crippen molar-refractivity contribution < 1.29 is 22.7 Å². The van der Waals surface area contributed by atoms with Gasteiger partial charge in [-0.1, -0.05) is 13.8 Å². The zero-order valence-electron chi connectivity index (χ0n) is 16.2. The van der Waals surface area contributed by atoms with E-state index in [2.05, 4.69) is 5.32 Å². The van der Waals surface area contributed by atoms with Gasteiger partial charge >= 0.3 is 5.97 Å². The van der Waals surface area contributed by atoms with Crippen molar-refractivity contribution in [3.8, 4) is 0 Å². The zero-order valence-corrected chi connectivity index (χ0v) is 17.0. The van der Waals surface area contributed by atoms with Crippen LogP contribution in [0.25, 0.3) is 0 Å². The van der Waals surface area contributed by atoms with E-state index in [1.165, 1.54) is 16.4 Å². The summed E-state index contributed by atoms with van der Waals surface area (Å²) in [5.41, 5.74) is 0.996. The van der Waals surface area contributed by atoms with Crippen LogP contribution in [0, 0.1) is 5.92 Å². The van der Waals surface area contributed by atoms with Gasteiger partial charge < -0.3 is 15.0 Å². The quantitative estimate of drug-likeness (QED) is 0.637. The van der Waals surface area contributed by atoms with Gasteiger partial charge in [-0.2, -0.15) is 4.31 Å². The molecule has 9 heteroatoms. The molecule has 1 aliphatic carbocycles. The summed E-state index contributed by atoms with van der Waals surface area (Å²) in [4.78, 5) is 25.6. The third-order valence-electron chi connectivity index (χ3n) is 4.32. The van der Waals surface area contributed by atoms with Crippen LogP contribution in [0.1, 0.15) is 26.7 Å². The topological polar surface area (TPSA) is 96.0 Å². The summed E-state index contributed by atoms with van der Waals surface area (Å²) in [7, 11) is -0.0758. The molecular formula is C18H27N3O5S. The summed E-state index contributed by atoms with van der Waals surface area (Å²) in [5.74, 6) is -0.960. The van der Waals surface area contributed by atoms with Crippen LogP contribution in [0.2, 0.25) is 0 Å². The molecule has 1 fully saturated rings. The van der Waals surface area contributed by atoms with Gasteiger partial charge in [0.05, 0.1) is 22.2 Å². The summed E-state index contributed by atoms with van der Waals surface area (Å²) in [6.07, 6.45) is 1.60. The van der Waals surface area contributed by atoms with Gasteiger partial charge in [-0.25, -0.2) is 8.42 Å². The molecule has 0 aliphatic heterocycles. The molecule has 0 unspecified atom stereocenters. The average molecular weight is 397 g/mol. The van der Waals surface area contributed by atoms with E-state index < -0.39 is 22.5 Å². The van der Waals surface area contributed by atoms with E-state index in [-0.39, 0.29) is 16.8 Å². The first-order valence-electron chi connectivity index (χ1n) is 8.98. The molecule has 0 atom stereocenters. The molecule has 1 aromatic rings. The number of ether oxygens (including phenoxy) is 1. The van der Waals surface area contributed by atoms with Crippen molar-refractivity contribution in [1.82, 2.24) is 4.31 Å². The normalized spacial score (nSPS) is 14.1. The lowest BCUT2D eigenvalue weighted by Gasteiger charge is -2.22. The Morgan fingerprint density at radius 3 is 2.33 bits per heavy atom. The SMILES string of the molecule is CCN(CC)S(=O)(=O)c1ccc(N(C)C)c(NC(=O)COC(=O)C2CC2)c1. The predicted octanol–water partition coefficient (Wildman–Crippen LogP) is 1.67. The molecule has 0 heterocycles. The Balaban J connectivity index is 2.22. The van der Waals surface area contributed by atoms with Gasteiger partial charge in [0.2, 0.25) is 10.0 Å². The Morgan fingerprint density at radius 1 is 1.19 bits per heavy atom.